The van der Waals surface area contributed by atoms with Crippen LogP contribution in [-0.4, -0.2) is 41.8 Å². The number of pyridine rings is 2. The molecule has 0 saturated carbocycles. The van der Waals surface area contributed by atoms with Gasteiger partial charge < -0.3 is 19.5 Å². The van der Waals surface area contributed by atoms with Crippen molar-refractivity contribution in [2.45, 2.75) is 6.54 Å². The predicted molar refractivity (Wildman–Crippen MR) is 122 cm³/mol. The van der Waals surface area contributed by atoms with Crippen molar-refractivity contribution in [3.8, 4) is 0 Å². The van der Waals surface area contributed by atoms with Gasteiger partial charge >= 0.3 is 0 Å². The number of nitrogens with zero attached hydrogens (tertiary/aromatic N) is 3. The maximum atomic E-state index is 12.9. The van der Waals surface area contributed by atoms with Crippen molar-refractivity contribution < 1.29 is 9.53 Å². The number of para-hydroxylation sites is 2. The molecule has 0 unspecified atom stereocenters. The van der Waals surface area contributed by atoms with Gasteiger partial charge in [-0.3, -0.25) is 9.59 Å². The molecule has 0 radical (unpaired) electrons. The number of carbonyl (C=O) groups excluding carboxylic acids is 1. The SMILES string of the molecule is O=C(Cn1c2ccccc2c(=O)c2ccccc21)Nc1ccc(N2CCOCC2)cn1. The number of hydrogen-bond acceptors (Lipinski definition) is 5. The van der Waals surface area contributed by atoms with E-state index >= 15 is 0 Å². The summed E-state index contributed by atoms with van der Waals surface area (Å²) in [6.45, 7) is 3.16. The number of carbonyl (C=O) groups is 1. The van der Waals surface area contributed by atoms with Crippen molar-refractivity contribution in [1.29, 1.82) is 0 Å². The second kappa shape index (κ2) is 8.20. The summed E-state index contributed by atoms with van der Waals surface area (Å²) in [4.78, 5) is 32.3. The highest BCUT2D eigenvalue weighted by Crippen LogP contribution is 2.20. The summed E-state index contributed by atoms with van der Waals surface area (Å²) in [6, 6.07) is 18.5. The fraction of sp³-hybridized carbons (Fsp3) is 0.208. The fourth-order valence-corrected chi connectivity index (χ4v) is 4.04. The Bertz CT molecular complexity index is 1250. The van der Waals surface area contributed by atoms with Crippen LogP contribution in [0.4, 0.5) is 11.5 Å². The lowest BCUT2D eigenvalue weighted by Gasteiger charge is -2.28. The highest BCUT2D eigenvalue weighted by atomic mass is 16.5. The smallest absolute Gasteiger partial charge is 0.245 e. The third-order valence-corrected chi connectivity index (χ3v) is 5.57. The molecule has 1 aliphatic heterocycles. The molecule has 0 bridgehead atoms. The van der Waals surface area contributed by atoms with Crippen LogP contribution in [0.1, 0.15) is 0 Å². The van der Waals surface area contributed by atoms with Gasteiger partial charge in [-0.15, -0.1) is 0 Å². The van der Waals surface area contributed by atoms with E-state index in [2.05, 4.69) is 15.2 Å². The normalized spacial score (nSPS) is 14.1. The maximum Gasteiger partial charge on any atom is 0.245 e. The minimum absolute atomic E-state index is 0.0248. The molecule has 0 aliphatic carbocycles. The molecule has 2 aromatic carbocycles. The Kier molecular flexibility index (Phi) is 5.09. The van der Waals surface area contributed by atoms with Crippen molar-refractivity contribution in [2.75, 3.05) is 36.5 Å². The van der Waals surface area contributed by atoms with E-state index in [0.29, 0.717) is 29.8 Å². The van der Waals surface area contributed by atoms with Gasteiger partial charge in [0.15, 0.2) is 5.43 Å². The molecule has 1 N–H and O–H groups in total. The number of fused-ring (bicyclic) bond motifs is 2. The molecule has 7 nitrogen and oxygen atoms in total. The van der Waals surface area contributed by atoms with E-state index < -0.39 is 0 Å². The van der Waals surface area contributed by atoms with Gasteiger partial charge in [0, 0.05) is 23.9 Å². The van der Waals surface area contributed by atoms with Gasteiger partial charge in [0.05, 0.1) is 36.1 Å². The molecule has 3 heterocycles. The number of hydrogen-bond donors (Lipinski definition) is 1. The van der Waals surface area contributed by atoms with Gasteiger partial charge in [0.2, 0.25) is 5.91 Å². The number of rotatable bonds is 4. The first kappa shape index (κ1) is 19.3. The highest BCUT2D eigenvalue weighted by Gasteiger charge is 2.14. The third kappa shape index (κ3) is 3.75. The lowest BCUT2D eigenvalue weighted by molar-refractivity contribution is -0.116. The van der Waals surface area contributed by atoms with Crippen molar-refractivity contribution >= 4 is 39.2 Å². The van der Waals surface area contributed by atoms with Crippen molar-refractivity contribution in [2.24, 2.45) is 0 Å². The zero-order valence-corrected chi connectivity index (χ0v) is 17.0. The Morgan fingerprint density at radius 3 is 2.19 bits per heavy atom. The van der Waals surface area contributed by atoms with Crippen LogP contribution in [0.15, 0.2) is 71.7 Å². The summed E-state index contributed by atoms with van der Waals surface area (Å²) in [5.41, 5.74) is 2.45. The van der Waals surface area contributed by atoms with Crippen LogP contribution in [0.5, 0.6) is 0 Å². The first-order valence-corrected chi connectivity index (χ1v) is 10.3. The van der Waals surface area contributed by atoms with E-state index in [0.717, 1.165) is 29.8 Å². The summed E-state index contributed by atoms with van der Waals surface area (Å²) in [7, 11) is 0. The van der Waals surface area contributed by atoms with Crippen molar-refractivity contribution in [1.82, 2.24) is 9.55 Å². The number of amides is 1. The average Bonchev–Trinajstić information content (AvgIpc) is 2.83. The maximum absolute atomic E-state index is 12.9. The standard InChI is InChI=1S/C24H22N4O3/c29-23(26-22-10-9-17(15-25-22)27-11-13-31-14-12-27)16-28-20-7-3-1-5-18(20)24(30)19-6-2-4-8-21(19)28/h1-10,15H,11-14,16H2,(H,25,26,29). The Morgan fingerprint density at radius 1 is 0.935 bits per heavy atom. The summed E-state index contributed by atoms with van der Waals surface area (Å²) in [5, 5.41) is 4.07. The molecule has 1 fully saturated rings. The zero-order chi connectivity index (χ0) is 21.2. The molecule has 7 heteroatoms. The largest absolute Gasteiger partial charge is 0.378 e. The Hall–Kier alpha value is -3.71. The molecule has 1 saturated heterocycles. The number of nitrogens with one attached hydrogen (secondary N) is 1. The minimum Gasteiger partial charge on any atom is -0.378 e. The highest BCUT2D eigenvalue weighted by molar-refractivity contribution is 5.96. The van der Waals surface area contributed by atoms with E-state index in [-0.39, 0.29) is 17.9 Å². The van der Waals surface area contributed by atoms with Crippen LogP contribution < -0.4 is 15.6 Å². The fourth-order valence-electron chi connectivity index (χ4n) is 4.04. The van der Waals surface area contributed by atoms with Crippen molar-refractivity contribution in [3.63, 3.8) is 0 Å². The number of ether oxygens (including phenoxy) is 1. The molecule has 0 atom stereocenters. The second-order valence-corrected chi connectivity index (χ2v) is 7.50. The molecule has 2 aromatic heterocycles. The number of aromatic nitrogens is 2. The van der Waals surface area contributed by atoms with Gasteiger partial charge in [-0.1, -0.05) is 24.3 Å². The minimum atomic E-state index is -0.203. The first-order valence-electron chi connectivity index (χ1n) is 10.3. The molecule has 1 amide bonds. The van der Waals surface area contributed by atoms with E-state index in [1.807, 2.05) is 53.1 Å². The lowest BCUT2D eigenvalue weighted by Crippen LogP contribution is -2.36. The molecule has 1 aliphatic rings. The van der Waals surface area contributed by atoms with E-state index in [1.54, 1.807) is 18.3 Å². The Morgan fingerprint density at radius 2 is 1.58 bits per heavy atom. The lowest BCUT2D eigenvalue weighted by atomic mass is 10.1. The van der Waals surface area contributed by atoms with E-state index in [9.17, 15) is 9.59 Å². The molecule has 31 heavy (non-hydrogen) atoms. The summed E-state index contributed by atoms with van der Waals surface area (Å²) < 4.78 is 7.26. The molecule has 0 spiro atoms. The molecular weight excluding hydrogens is 392 g/mol. The summed E-state index contributed by atoms with van der Waals surface area (Å²) >= 11 is 0. The monoisotopic (exact) mass is 414 g/mol. The molecule has 156 valence electrons. The van der Waals surface area contributed by atoms with Crippen LogP contribution in [-0.2, 0) is 16.1 Å². The number of morpholine rings is 1. The topological polar surface area (TPSA) is 76.5 Å². The first-order chi connectivity index (χ1) is 15.2. The molecular formula is C24H22N4O3. The Balaban J connectivity index is 1.41. The van der Waals surface area contributed by atoms with Crippen LogP contribution in [0.25, 0.3) is 21.8 Å². The van der Waals surface area contributed by atoms with Crippen LogP contribution in [0, 0.1) is 0 Å². The quantitative estimate of drug-likeness (QED) is 0.520. The summed E-state index contributed by atoms with van der Waals surface area (Å²) in [5.74, 6) is 0.294. The van der Waals surface area contributed by atoms with Crippen LogP contribution >= 0.6 is 0 Å². The average molecular weight is 414 g/mol. The Labute approximate surface area is 178 Å². The van der Waals surface area contributed by atoms with E-state index in [1.165, 1.54) is 0 Å². The predicted octanol–water partition coefficient (Wildman–Crippen LogP) is 3.03. The second-order valence-electron chi connectivity index (χ2n) is 7.50. The zero-order valence-electron chi connectivity index (χ0n) is 17.0. The van der Waals surface area contributed by atoms with Crippen LogP contribution in [0.2, 0.25) is 0 Å². The van der Waals surface area contributed by atoms with Gasteiger partial charge in [0.25, 0.3) is 0 Å². The van der Waals surface area contributed by atoms with Crippen LogP contribution in [0.3, 0.4) is 0 Å². The van der Waals surface area contributed by atoms with Gasteiger partial charge in [-0.25, -0.2) is 4.98 Å². The van der Waals surface area contributed by atoms with Crippen molar-refractivity contribution in [3.05, 3.63) is 77.1 Å². The third-order valence-electron chi connectivity index (χ3n) is 5.57. The molecule has 5 rings (SSSR count). The number of anilines is 2. The molecule has 4 aromatic rings. The van der Waals surface area contributed by atoms with E-state index in [4.69, 9.17) is 4.74 Å². The number of benzene rings is 2. The summed E-state index contributed by atoms with van der Waals surface area (Å²) in [6.07, 6.45) is 1.77. The van der Waals surface area contributed by atoms with Gasteiger partial charge in [0.1, 0.15) is 12.4 Å². The van der Waals surface area contributed by atoms with Gasteiger partial charge in [-0.05, 0) is 36.4 Å². The van der Waals surface area contributed by atoms with Gasteiger partial charge in [-0.2, -0.15) is 0 Å².